The molecule has 3 heteroatoms. The van der Waals surface area contributed by atoms with E-state index in [2.05, 4.69) is 20.9 Å². The van der Waals surface area contributed by atoms with Gasteiger partial charge >= 0.3 is 0 Å². The van der Waals surface area contributed by atoms with E-state index < -0.39 is 6.10 Å². The highest BCUT2D eigenvalue weighted by Gasteiger charge is 2.09. The number of aromatic nitrogens is 1. The Kier molecular flexibility index (Phi) is 2.79. The zero-order valence-electron chi connectivity index (χ0n) is 7.52. The van der Waals surface area contributed by atoms with Crippen molar-refractivity contribution in [2.24, 2.45) is 0 Å². The number of aliphatic hydroxyl groups excluding tert-OH is 1. The van der Waals surface area contributed by atoms with Crippen LogP contribution in [0.15, 0.2) is 36.5 Å². The van der Waals surface area contributed by atoms with Crippen molar-refractivity contribution in [2.75, 3.05) is 5.33 Å². The first kappa shape index (κ1) is 9.62. The monoisotopic (exact) mass is 251 g/mol. The van der Waals surface area contributed by atoms with Crippen LogP contribution in [0.3, 0.4) is 0 Å². The molecule has 1 heterocycles. The minimum atomic E-state index is -0.470. The van der Waals surface area contributed by atoms with Crippen LogP contribution >= 0.6 is 15.9 Å². The van der Waals surface area contributed by atoms with Crippen LogP contribution in [0.5, 0.6) is 0 Å². The second kappa shape index (κ2) is 4.07. The molecule has 0 aliphatic carbocycles. The SMILES string of the molecule is OC(CBr)c1ccnc2ccccc12. The van der Waals surface area contributed by atoms with Gasteiger partial charge in [-0.05, 0) is 17.7 Å². The van der Waals surface area contributed by atoms with Crippen molar-refractivity contribution in [3.8, 4) is 0 Å². The Morgan fingerprint density at radius 2 is 2.07 bits per heavy atom. The van der Waals surface area contributed by atoms with Gasteiger partial charge in [0.05, 0.1) is 11.6 Å². The van der Waals surface area contributed by atoms with Crippen LogP contribution < -0.4 is 0 Å². The van der Waals surface area contributed by atoms with Gasteiger partial charge in [0.15, 0.2) is 0 Å². The van der Waals surface area contributed by atoms with E-state index in [4.69, 9.17) is 0 Å². The summed E-state index contributed by atoms with van der Waals surface area (Å²) >= 11 is 3.27. The van der Waals surface area contributed by atoms with E-state index in [1.54, 1.807) is 6.20 Å². The second-order valence-electron chi connectivity index (χ2n) is 3.09. The zero-order valence-corrected chi connectivity index (χ0v) is 9.11. The van der Waals surface area contributed by atoms with Gasteiger partial charge in [-0.3, -0.25) is 4.98 Å². The van der Waals surface area contributed by atoms with E-state index in [1.807, 2.05) is 30.3 Å². The summed E-state index contributed by atoms with van der Waals surface area (Å²) in [4.78, 5) is 4.23. The van der Waals surface area contributed by atoms with Crippen LogP contribution in [0.1, 0.15) is 11.7 Å². The third-order valence-corrected chi connectivity index (χ3v) is 2.80. The van der Waals surface area contributed by atoms with Crippen molar-refractivity contribution in [1.82, 2.24) is 4.98 Å². The molecule has 0 spiro atoms. The number of aliphatic hydroxyl groups is 1. The average Bonchev–Trinajstić information content (AvgIpc) is 2.27. The molecule has 1 atom stereocenters. The van der Waals surface area contributed by atoms with Crippen molar-refractivity contribution in [2.45, 2.75) is 6.10 Å². The normalized spacial score (nSPS) is 13.0. The summed E-state index contributed by atoms with van der Waals surface area (Å²) in [6.45, 7) is 0. The number of hydrogen-bond acceptors (Lipinski definition) is 2. The summed E-state index contributed by atoms with van der Waals surface area (Å²) in [5, 5.41) is 11.3. The Morgan fingerprint density at radius 1 is 1.29 bits per heavy atom. The van der Waals surface area contributed by atoms with Crippen molar-refractivity contribution in [1.29, 1.82) is 0 Å². The number of halogens is 1. The zero-order chi connectivity index (χ0) is 9.97. The van der Waals surface area contributed by atoms with E-state index in [0.29, 0.717) is 5.33 Å². The fourth-order valence-corrected chi connectivity index (χ4v) is 1.84. The lowest BCUT2D eigenvalue weighted by atomic mass is 10.1. The first-order chi connectivity index (χ1) is 6.83. The highest BCUT2D eigenvalue weighted by Crippen LogP contribution is 2.23. The molecule has 1 unspecified atom stereocenters. The van der Waals surface area contributed by atoms with Crippen molar-refractivity contribution in [3.05, 3.63) is 42.1 Å². The van der Waals surface area contributed by atoms with Crippen LogP contribution in [0.25, 0.3) is 10.9 Å². The third kappa shape index (κ3) is 1.65. The number of para-hydroxylation sites is 1. The van der Waals surface area contributed by atoms with Crippen molar-refractivity contribution >= 4 is 26.8 Å². The summed E-state index contributed by atoms with van der Waals surface area (Å²) in [6.07, 6.45) is 1.26. The predicted molar refractivity (Wildman–Crippen MR) is 60.5 cm³/mol. The molecule has 72 valence electrons. The molecule has 0 saturated carbocycles. The Labute approximate surface area is 90.7 Å². The lowest BCUT2D eigenvalue weighted by molar-refractivity contribution is 0.207. The van der Waals surface area contributed by atoms with Crippen LogP contribution in [0.2, 0.25) is 0 Å². The third-order valence-electron chi connectivity index (χ3n) is 2.19. The molecule has 2 aromatic rings. The van der Waals surface area contributed by atoms with Crippen LogP contribution in [0.4, 0.5) is 0 Å². The van der Waals surface area contributed by atoms with Gasteiger partial charge in [0.2, 0.25) is 0 Å². The fourth-order valence-electron chi connectivity index (χ4n) is 1.49. The van der Waals surface area contributed by atoms with E-state index >= 15 is 0 Å². The first-order valence-electron chi connectivity index (χ1n) is 4.40. The van der Waals surface area contributed by atoms with E-state index in [-0.39, 0.29) is 0 Å². The average molecular weight is 252 g/mol. The van der Waals surface area contributed by atoms with Gasteiger partial charge in [-0.15, -0.1) is 0 Å². The molecular weight excluding hydrogens is 242 g/mol. The summed E-state index contributed by atoms with van der Waals surface area (Å²) in [5.41, 5.74) is 1.84. The van der Waals surface area contributed by atoms with Gasteiger partial charge in [0.1, 0.15) is 0 Å². The van der Waals surface area contributed by atoms with Crippen LogP contribution in [-0.2, 0) is 0 Å². The maximum atomic E-state index is 9.75. The quantitative estimate of drug-likeness (QED) is 0.833. The molecular formula is C11H10BrNO. The van der Waals surface area contributed by atoms with Crippen LogP contribution in [0, 0.1) is 0 Å². The summed E-state index contributed by atoms with van der Waals surface area (Å²) < 4.78 is 0. The molecule has 0 saturated heterocycles. The van der Waals surface area contributed by atoms with Crippen molar-refractivity contribution < 1.29 is 5.11 Å². The minimum absolute atomic E-state index is 0.470. The number of nitrogens with zero attached hydrogens (tertiary/aromatic N) is 1. The summed E-state index contributed by atoms with van der Waals surface area (Å²) in [5.74, 6) is 0. The van der Waals surface area contributed by atoms with Crippen LogP contribution in [-0.4, -0.2) is 15.4 Å². The number of rotatable bonds is 2. The van der Waals surface area contributed by atoms with E-state index in [9.17, 15) is 5.11 Å². The molecule has 0 aliphatic rings. The Bertz CT molecular complexity index is 439. The maximum Gasteiger partial charge on any atom is 0.0893 e. The lowest BCUT2D eigenvalue weighted by Gasteiger charge is -2.09. The van der Waals surface area contributed by atoms with Gasteiger partial charge < -0.3 is 5.11 Å². The number of hydrogen-bond donors (Lipinski definition) is 1. The standard InChI is InChI=1S/C11H10BrNO/c12-7-11(14)9-5-6-13-10-4-2-1-3-8(9)10/h1-6,11,14H,7H2. The number of pyridine rings is 1. The second-order valence-corrected chi connectivity index (χ2v) is 3.73. The Morgan fingerprint density at radius 3 is 2.86 bits per heavy atom. The number of fused-ring (bicyclic) bond motifs is 1. The fraction of sp³-hybridized carbons (Fsp3) is 0.182. The highest BCUT2D eigenvalue weighted by molar-refractivity contribution is 9.09. The number of benzene rings is 1. The molecule has 0 bridgehead atoms. The highest BCUT2D eigenvalue weighted by atomic mass is 79.9. The van der Waals surface area contributed by atoms with Gasteiger partial charge in [-0.2, -0.15) is 0 Å². The molecule has 0 radical (unpaired) electrons. The summed E-state index contributed by atoms with van der Waals surface area (Å²) in [6, 6.07) is 9.67. The molecule has 1 N–H and O–H groups in total. The Hall–Kier alpha value is -0.930. The lowest BCUT2D eigenvalue weighted by Crippen LogP contribution is -1.99. The maximum absolute atomic E-state index is 9.75. The first-order valence-corrected chi connectivity index (χ1v) is 5.53. The molecule has 14 heavy (non-hydrogen) atoms. The molecule has 0 aliphatic heterocycles. The topological polar surface area (TPSA) is 33.1 Å². The number of alkyl halides is 1. The molecule has 2 rings (SSSR count). The molecule has 1 aromatic heterocycles. The minimum Gasteiger partial charge on any atom is -0.388 e. The molecule has 2 nitrogen and oxygen atoms in total. The van der Waals surface area contributed by atoms with Gasteiger partial charge in [-0.25, -0.2) is 0 Å². The summed E-state index contributed by atoms with van der Waals surface area (Å²) in [7, 11) is 0. The van der Waals surface area contributed by atoms with Gasteiger partial charge in [0.25, 0.3) is 0 Å². The molecule has 0 fully saturated rings. The molecule has 0 amide bonds. The van der Waals surface area contributed by atoms with Gasteiger partial charge in [-0.1, -0.05) is 34.1 Å². The van der Waals surface area contributed by atoms with Crippen molar-refractivity contribution in [3.63, 3.8) is 0 Å². The molecule has 1 aromatic carbocycles. The Balaban J connectivity index is 2.65. The van der Waals surface area contributed by atoms with E-state index in [1.165, 1.54) is 0 Å². The largest absolute Gasteiger partial charge is 0.388 e. The predicted octanol–water partition coefficient (Wildman–Crippen LogP) is 2.66. The van der Waals surface area contributed by atoms with E-state index in [0.717, 1.165) is 16.5 Å². The van der Waals surface area contributed by atoms with Gasteiger partial charge in [0, 0.05) is 16.9 Å². The smallest absolute Gasteiger partial charge is 0.0893 e.